The van der Waals surface area contributed by atoms with E-state index >= 15 is 4.39 Å². The summed E-state index contributed by atoms with van der Waals surface area (Å²) in [6.07, 6.45) is 4.43. The molecule has 0 spiro atoms. The van der Waals surface area contributed by atoms with Gasteiger partial charge < -0.3 is 20.2 Å². The molecule has 3 N–H and O–H groups in total. The van der Waals surface area contributed by atoms with Gasteiger partial charge in [-0.2, -0.15) is 5.01 Å². The van der Waals surface area contributed by atoms with Crippen LogP contribution in [0.1, 0.15) is 48.4 Å². The summed E-state index contributed by atoms with van der Waals surface area (Å²) in [5, 5.41) is 35.6. The summed E-state index contributed by atoms with van der Waals surface area (Å²) in [7, 11) is 0. The molecule has 5 aliphatic rings. The highest BCUT2D eigenvalue weighted by molar-refractivity contribution is 7.98. The minimum absolute atomic E-state index is 0.0772. The summed E-state index contributed by atoms with van der Waals surface area (Å²) in [6.45, 7) is 0.101. The maximum Gasteiger partial charge on any atom is 0.276 e. The molecule has 3 fully saturated rings. The largest absolute Gasteiger partial charge is 0.507 e. The van der Waals surface area contributed by atoms with Crippen molar-refractivity contribution in [2.45, 2.75) is 60.1 Å². The normalized spacial score (nSPS) is 30.9. The van der Waals surface area contributed by atoms with E-state index in [9.17, 15) is 24.5 Å². The predicted molar refractivity (Wildman–Crippen MR) is 135 cm³/mol. The zero-order chi connectivity index (χ0) is 26.3. The number of rotatable bonds is 3. The highest BCUT2D eigenvalue weighted by Gasteiger charge is 2.57. The summed E-state index contributed by atoms with van der Waals surface area (Å²) in [5.74, 6) is -2.22. The first-order chi connectivity index (χ1) is 18.3. The number of carbonyl (C=O) groups is 1. The number of hydrogen-bond acceptors (Lipinski definition) is 7. The Morgan fingerprint density at radius 3 is 2.58 bits per heavy atom. The van der Waals surface area contributed by atoms with E-state index in [0.29, 0.717) is 18.4 Å². The fourth-order valence-corrected chi connectivity index (χ4v) is 7.45. The molecule has 2 atom stereocenters. The van der Waals surface area contributed by atoms with Crippen molar-refractivity contribution in [2.75, 3.05) is 6.67 Å². The van der Waals surface area contributed by atoms with Gasteiger partial charge in [0, 0.05) is 28.5 Å². The van der Waals surface area contributed by atoms with Crippen LogP contribution in [-0.4, -0.2) is 60.6 Å². The summed E-state index contributed by atoms with van der Waals surface area (Å²) < 4.78 is 29.5. The van der Waals surface area contributed by atoms with Crippen molar-refractivity contribution in [2.24, 2.45) is 5.92 Å². The number of halogens is 2. The number of aliphatic hydroxyl groups excluding tert-OH is 2. The van der Waals surface area contributed by atoms with Gasteiger partial charge in [0.05, 0.1) is 18.3 Å². The van der Waals surface area contributed by atoms with E-state index in [-0.39, 0.29) is 35.6 Å². The predicted octanol–water partition coefficient (Wildman–Crippen LogP) is 3.94. The van der Waals surface area contributed by atoms with Gasteiger partial charge >= 0.3 is 0 Å². The van der Waals surface area contributed by atoms with Gasteiger partial charge in [0.25, 0.3) is 5.91 Å². The molecule has 2 saturated carbocycles. The Kier molecular flexibility index (Phi) is 5.43. The third kappa shape index (κ3) is 3.54. The van der Waals surface area contributed by atoms with E-state index in [2.05, 4.69) is 0 Å². The molecule has 0 bridgehead atoms. The number of hydrogen-bond donors (Lipinski definition) is 3. The van der Waals surface area contributed by atoms with Crippen LogP contribution < -0.4 is 0 Å². The highest BCUT2D eigenvalue weighted by Crippen LogP contribution is 2.53. The van der Waals surface area contributed by atoms with Crippen LogP contribution in [0.15, 0.2) is 65.0 Å². The molecule has 198 valence electrons. The number of nitrogens with zero attached hydrogens (tertiary/aromatic N) is 3. The highest BCUT2D eigenvalue weighted by atomic mass is 32.2. The Hall–Kier alpha value is -2.92. The van der Waals surface area contributed by atoms with Crippen LogP contribution in [0.5, 0.6) is 0 Å². The first-order valence-corrected chi connectivity index (χ1v) is 13.8. The van der Waals surface area contributed by atoms with E-state index in [1.165, 1.54) is 29.0 Å². The summed E-state index contributed by atoms with van der Waals surface area (Å²) in [5.41, 5.74) is 0.817. The molecular formula is C28H27F2N3O4S. The minimum Gasteiger partial charge on any atom is -0.507 e. The van der Waals surface area contributed by atoms with E-state index in [1.54, 1.807) is 11.0 Å². The Morgan fingerprint density at radius 1 is 1.05 bits per heavy atom. The molecule has 0 radical (unpaired) electrons. The van der Waals surface area contributed by atoms with Gasteiger partial charge in [0.15, 0.2) is 23.1 Å². The molecule has 10 heteroatoms. The molecular weight excluding hydrogens is 512 g/mol. The summed E-state index contributed by atoms with van der Waals surface area (Å²) in [6, 6.07) is 9.49. The molecule has 7 nitrogen and oxygen atoms in total. The van der Waals surface area contributed by atoms with Gasteiger partial charge in [-0.15, -0.1) is 11.8 Å². The number of amides is 1. The zero-order valence-corrected chi connectivity index (χ0v) is 21.2. The van der Waals surface area contributed by atoms with Crippen LogP contribution in [0.4, 0.5) is 8.78 Å². The summed E-state index contributed by atoms with van der Waals surface area (Å²) >= 11 is 1.42. The Balaban J connectivity index is 1.36. The molecule has 7 rings (SSSR count). The Morgan fingerprint density at radius 2 is 1.82 bits per heavy atom. The van der Waals surface area contributed by atoms with Crippen LogP contribution in [0.2, 0.25) is 0 Å². The molecule has 0 aromatic heterocycles. The second kappa shape index (κ2) is 8.54. The quantitative estimate of drug-likeness (QED) is 0.545. The average Bonchev–Trinajstić information content (AvgIpc) is 3.74. The lowest BCUT2D eigenvalue weighted by Crippen LogP contribution is -2.65. The van der Waals surface area contributed by atoms with Gasteiger partial charge in [-0.3, -0.25) is 9.80 Å². The topological polar surface area (TPSA) is 87.5 Å². The maximum atomic E-state index is 15.2. The first kappa shape index (κ1) is 24.1. The van der Waals surface area contributed by atoms with Crippen molar-refractivity contribution in [1.82, 2.24) is 14.9 Å². The van der Waals surface area contributed by atoms with Crippen LogP contribution in [0.3, 0.4) is 0 Å². The minimum atomic E-state index is -1.34. The van der Waals surface area contributed by atoms with Crippen molar-refractivity contribution in [1.29, 1.82) is 0 Å². The first-order valence-electron chi connectivity index (χ1n) is 12.8. The number of fused-ring (bicyclic) bond motifs is 3. The zero-order valence-electron chi connectivity index (χ0n) is 20.4. The van der Waals surface area contributed by atoms with Crippen LogP contribution in [-0.2, 0) is 10.5 Å². The average molecular weight is 540 g/mol. The second-order valence-corrected chi connectivity index (χ2v) is 11.8. The lowest BCUT2D eigenvalue weighted by Gasteiger charge is -2.55. The molecule has 1 unspecified atom stereocenters. The van der Waals surface area contributed by atoms with Crippen LogP contribution in [0, 0.1) is 17.6 Å². The van der Waals surface area contributed by atoms with E-state index < -0.39 is 41.0 Å². The number of hydrazine groups is 1. The van der Waals surface area contributed by atoms with Gasteiger partial charge in [0.2, 0.25) is 0 Å². The second-order valence-electron chi connectivity index (χ2n) is 10.8. The number of aliphatic hydroxyl groups is 3. The lowest BCUT2D eigenvalue weighted by atomic mass is 9.71. The molecule has 3 aliphatic heterocycles. The number of benzene rings is 2. The van der Waals surface area contributed by atoms with Crippen molar-refractivity contribution < 1.29 is 28.9 Å². The monoisotopic (exact) mass is 539 g/mol. The maximum absolute atomic E-state index is 15.2. The van der Waals surface area contributed by atoms with E-state index in [4.69, 9.17) is 0 Å². The van der Waals surface area contributed by atoms with Crippen molar-refractivity contribution in [3.63, 3.8) is 0 Å². The fourth-order valence-electron chi connectivity index (χ4n) is 6.34. The molecule has 2 aromatic rings. The van der Waals surface area contributed by atoms with E-state index in [1.807, 2.05) is 29.3 Å². The van der Waals surface area contributed by atoms with Gasteiger partial charge in [0.1, 0.15) is 6.10 Å². The molecule has 38 heavy (non-hydrogen) atoms. The smallest absolute Gasteiger partial charge is 0.276 e. The van der Waals surface area contributed by atoms with E-state index in [0.717, 1.165) is 29.4 Å². The standard InChI is InChI=1S/C28H27F2N3O4S/c29-20-8-7-17-19(23(20)30)13-38-22-4-2-1-3-18(22)24(17)33-14-31(16-11-28(37,12-16)15-5-6-15)27(36)25-26(35)21(34)9-10-32(25)33/h1-4,7-10,15-16,21,24,34-35,37H,5-6,11-14H2/t16?,21?,24-,28?/m0/s1. The third-order valence-electron chi connectivity index (χ3n) is 8.57. The van der Waals surface area contributed by atoms with Crippen LogP contribution in [0.25, 0.3) is 0 Å². The molecule has 2 aliphatic carbocycles. The van der Waals surface area contributed by atoms with Gasteiger partial charge in [-0.05, 0) is 60.9 Å². The van der Waals surface area contributed by atoms with Crippen molar-refractivity contribution in [3.05, 3.63) is 88.5 Å². The van der Waals surface area contributed by atoms with Crippen molar-refractivity contribution >= 4 is 17.7 Å². The fraction of sp³-hybridized carbons (Fsp3) is 0.393. The van der Waals surface area contributed by atoms with Gasteiger partial charge in [-0.1, -0.05) is 24.3 Å². The SMILES string of the molecule is O=C1C2=C(O)C(O)C=CN2N([C@@H]2c3ccccc3SCc3c2ccc(F)c3F)CN1C1CC(O)(C2CC2)C1. The Bertz CT molecular complexity index is 1400. The molecule has 1 saturated heterocycles. The van der Waals surface area contributed by atoms with Gasteiger partial charge in [-0.25, -0.2) is 8.78 Å². The number of carbonyl (C=O) groups excluding carboxylic acids is 1. The molecule has 1 amide bonds. The van der Waals surface area contributed by atoms with Crippen LogP contribution >= 0.6 is 11.8 Å². The Labute approximate surface area is 222 Å². The molecule has 3 heterocycles. The third-order valence-corrected chi connectivity index (χ3v) is 9.68. The van der Waals surface area contributed by atoms with Crippen molar-refractivity contribution in [3.8, 4) is 0 Å². The lowest BCUT2D eigenvalue weighted by molar-refractivity contribution is -0.173. The molecule has 2 aromatic carbocycles. The number of thioether (sulfide) groups is 1. The summed E-state index contributed by atoms with van der Waals surface area (Å²) in [4.78, 5) is 16.3.